The van der Waals surface area contributed by atoms with E-state index in [0.717, 1.165) is 12.8 Å². The van der Waals surface area contributed by atoms with E-state index in [1.54, 1.807) is 6.07 Å². The summed E-state index contributed by atoms with van der Waals surface area (Å²) >= 11 is 2.73. The zero-order valence-electron chi connectivity index (χ0n) is 15.4. The van der Waals surface area contributed by atoms with Gasteiger partial charge in [0, 0.05) is 11.4 Å². The first kappa shape index (κ1) is 19.0. The van der Waals surface area contributed by atoms with Crippen LogP contribution in [0, 0.1) is 11.3 Å². The van der Waals surface area contributed by atoms with E-state index in [2.05, 4.69) is 36.4 Å². The highest BCUT2D eigenvalue weighted by Gasteiger charge is 2.32. The van der Waals surface area contributed by atoms with Crippen LogP contribution in [0.25, 0.3) is 0 Å². The van der Waals surface area contributed by atoms with Gasteiger partial charge in [-0.05, 0) is 42.0 Å². The highest BCUT2D eigenvalue weighted by atomic mass is 32.1. The van der Waals surface area contributed by atoms with Crippen LogP contribution in [0.5, 0.6) is 0 Å². The first-order chi connectivity index (χ1) is 12.3. The molecule has 0 spiro atoms. The molecule has 2 atom stereocenters. The second-order valence-corrected chi connectivity index (χ2v) is 9.74. The minimum atomic E-state index is -0.163. The smallest absolute Gasteiger partial charge is 0.267 e. The number of carbonyl (C=O) groups is 2. The molecule has 0 saturated heterocycles. The van der Waals surface area contributed by atoms with Gasteiger partial charge in [-0.3, -0.25) is 14.9 Å². The van der Waals surface area contributed by atoms with Crippen molar-refractivity contribution in [2.75, 3.05) is 5.32 Å². The monoisotopic (exact) mass is 391 g/mol. The summed E-state index contributed by atoms with van der Waals surface area (Å²) in [5.41, 5.74) is 0.965. The Balaban J connectivity index is 1.52. The van der Waals surface area contributed by atoms with Gasteiger partial charge in [-0.1, -0.05) is 26.8 Å². The molecule has 1 aliphatic carbocycles. The van der Waals surface area contributed by atoms with Gasteiger partial charge in [0.2, 0.25) is 5.91 Å². The van der Waals surface area contributed by atoms with Crippen LogP contribution in [0.15, 0.2) is 22.9 Å². The summed E-state index contributed by atoms with van der Waals surface area (Å²) in [5, 5.41) is 10.2. The molecule has 0 bridgehead atoms. The Morgan fingerprint density at radius 1 is 1.31 bits per heavy atom. The van der Waals surface area contributed by atoms with Crippen molar-refractivity contribution < 1.29 is 9.59 Å². The zero-order valence-corrected chi connectivity index (χ0v) is 17.0. The van der Waals surface area contributed by atoms with E-state index in [1.165, 1.54) is 29.1 Å². The molecule has 2 N–H and O–H groups in total. The van der Waals surface area contributed by atoms with Crippen LogP contribution < -0.4 is 10.6 Å². The van der Waals surface area contributed by atoms with Gasteiger partial charge in [-0.2, -0.15) is 0 Å². The summed E-state index contributed by atoms with van der Waals surface area (Å²) < 4.78 is 0. The van der Waals surface area contributed by atoms with Crippen molar-refractivity contribution in [2.45, 2.75) is 52.5 Å². The first-order valence-electron chi connectivity index (χ1n) is 8.89. The lowest BCUT2D eigenvalue weighted by atomic mass is 9.70. The number of rotatable bonds is 5. The van der Waals surface area contributed by atoms with Crippen LogP contribution in [0.1, 0.15) is 55.4 Å². The molecule has 2 aromatic rings. The predicted molar refractivity (Wildman–Crippen MR) is 107 cm³/mol. The molecule has 2 aromatic heterocycles. The maximum Gasteiger partial charge on any atom is 0.267 e. The number of amides is 2. The third-order valence-electron chi connectivity index (χ3n) is 4.61. The summed E-state index contributed by atoms with van der Waals surface area (Å²) in [6.07, 6.45) is 3.51. The Hall–Kier alpha value is -1.73. The SMILES string of the molecule is CC1CC(NC(=O)Cc2csc(NC(=O)c3cccs3)n2)CC(C)(C)C1. The standard InChI is InChI=1S/C19H25N3O2S2/c1-12-7-13(10-19(2,3)9-12)20-16(23)8-14-11-26-18(21-14)22-17(24)15-5-4-6-25-15/h4-6,11-13H,7-10H2,1-3H3,(H,20,23)(H,21,22,24). The number of thiophene rings is 1. The normalized spacial score (nSPS) is 22.0. The number of aromatic nitrogens is 1. The number of nitrogens with zero attached hydrogens (tertiary/aromatic N) is 1. The number of hydrogen-bond donors (Lipinski definition) is 2. The third kappa shape index (κ3) is 5.14. The van der Waals surface area contributed by atoms with Gasteiger partial charge < -0.3 is 5.32 Å². The molecule has 0 radical (unpaired) electrons. The van der Waals surface area contributed by atoms with Crippen molar-refractivity contribution in [2.24, 2.45) is 11.3 Å². The molecule has 1 saturated carbocycles. The molecule has 1 fully saturated rings. The topological polar surface area (TPSA) is 71.1 Å². The molecule has 5 nitrogen and oxygen atoms in total. The molecule has 7 heteroatoms. The lowest BCUT2D eigenvalue weighted by Gasteiger charge is -2.39. The number of anilines is 1. The fourth-order valence-electron chi connectivity index (χ4n) is 3.91. The largest absolute Gasteiger partial charge is 0.353 e. The Kier molecular flexibility index (Phi) is 5.77. The van der Waals surface area contributed by atoms with Gasteiger partial charge in [0.05, 0.1) is 17.0 Å². The molecule has 2 heterocycles. The fraction of sp³-hybridized carbons (Fsp3) is 0.526. The van der Waals surface area contributed by atoms with Crippen molar-refractivity contribution in [3.8, 4) is 0 Å². The van der Waals surface area contributed by atoms with E-state index in [-0.39, 0.29) is 29.7 Å². The van der Waals surface area contributed by atoms with E-state index in [4.69, 9.17) is 0 Å². The second kappa shape index (κ2) is 7.88. The van der Waals surface area contributed by atoms with E-state index in [1.807, 2.05) is 16.8 Å². The van der Waals surface area contributed by atoms with Crippen molar-refractivity contribution in [1.29, 1.82) is 0 Å². The van der Waals surface area contributed by atoms with Gasteiger partial charge >= 0.3 is 0 Å². The maximum absolute atomic E-state index is 12.4. The lowest BCUT2D eigenvalue weighted by molar-refractivity contribution is -0.121. The maximum atomic E-state index is 12.4. The highest BCUT2D eigenvalue weighted by Crippen LogP contribution is 2.38. The van der Waals surface area contributed by atoms with Gasteiger partial charge in [-0.25, -0.2) is 4.98 Å². The average molecular weight is 392 g/mol. The summed E-state index contributed by atoms with van der Waals surface area (Å²) in [7, 11) is 0. The highest BCUT2D eigenvalue weighted by molar-refractivity contribution is 7.14. The quantitative estimate of drug-likeness (QED) is 0.797. The van der Waals surface area contributed by atoms with Crippen molar-refractivity contribution in [1.82, 2.24) is 10.3 Å². The Morgan fingerprint density at radius 2 is 2.12 bits per heavy atom. The minimum Gasteiger partial charge on any atom is -0.353 e. The Bertz CT molecular complexity index is 768. The molecule has 2 unspecified atom stereocenters. The molecule has 3 rings (SSSR count). The molecular weight excluding hydrogens is 366 g/mol. The zero-order chi connectivity index (χ0) is 18.7. The summed E-state index contributed by atoms with van der Waals surface area (Å²) in [4.78, 5) is 29.4. The van der Waals surface area contributed by atoms with Crippen LogP contribution in [-0.4, -0.2) is 22.8 Å². The summed E-state index contributed by atoms with van der Waals surface area (Å²) in [6.45, 7) is 6.79. The Labute approximate surface area is 162 Å². The molecule has 0 aliphatic heterocycles. The van der Waals surface area contributed by atoms with Gasteiger partial charge in [-0.15, -0.1) is 22.7 Å². The molecule has 140 valence electrons. The fourth-order valence-corrected chi connectivity index (χ4v) is 5.24. The predicted octanol–water partition coefficient (Wildman–Crippen LogP) is 4.33. The van der Waals surface area contributed by atoms with Crippen LogP contribution in [0.4, 0.5) is 5.13 Å². The average Bonchev–Trinajstić information content (AvgIpc) is 3.16. The van der Waals surface area contributed by atoms with Crippen LogP contribution >= 0.6 is 22.7 Å². The van der Waals surface area contributed by atoms with E-state index in [9.17, 15) is 9.59 Å². The van der Waals surface area contributed by atoms with Crippen LogP contribution in [0.3, 0.4) is 0 Å². The van der Waals surface area contributed by atoms with E-state index < -0.39 is 0 Å². The molecule has 0 aromatic carbocycles. The minimum absolute atomic E-state index is 0.00123. The van der Waals surface area contributed by atoms with E-state index >= 15 is 0 Å². The molecule has 1 aliphatic rings. The lowest BCUT2D eigenvalue weighted by Crippen LogP contribution is -2.43. The molecule has 26 heavy (non-hydrogen) atoms. The van der Waals surface area contributed by atoms with Crippen LogP contribution in [0.2, 0.25) is 0 Å². The molecular formula is C19H25N3O2S2. The Morgan fingerprint density at radius 3 is 2.81 bits per heavy atom. The van der Waals surface area contributed by atoms with Gasteiger partial charge in [0.15, 0.2) is 5.13 Å². The van der Waals surface area contributed by atoms with E-state index in [0.29, 0.717) is 21.6 Å². The molecule has 2 amide bonds. The number of carbonyl (C=O) groups excluding carboxylic acids is 2. The summed E-state index contributed by atoms with van der Waals surface area (Å²) in [5.74, 6) is 0.465. The van der Waals surface area contributed by atoms with Crippen molar-refractivity contribution in [3.05, 3.63) is 33.5 Å². The number of thiazole rings is 1. The first-order valence-corrected chi connectivity index (χ1v) is 10.7. The van der Waals surface area contributed by atoms with Crippen molar-refractivity contribution in [3.63, 3.8) is 0 Å². The number of hydrogen-bond acceptors (Lipinski definition) is 5. The van der Waals surface area contributed by atoms with Gasteiger partial charge in [0.25, 0.3) is 5.91 Å². The summed E-state index contributed by atoms with van der Waals surface area (Å²) in [6, 6.07) is 3.84. The van der Waals surface area contributed by atoms with Gasteiger partial charge in [0.1, 0.15) is 0 Å². The third-order valence-corrected chi connectivity index (χ3v) is 6.29. The van der Waals surface area contributed by atoms with Crippen LogP contribution in [-0.2, 0) is 11.2 Å². The second-order valence-electron chi connectivity index (χ2n) is 7.93. The number of nitrogens with one attached hydrogen (secondary N) is 2. The van der Waals surface area contributed by atoms with Crippen molar-refractivity contribution >= 4 is 39.6 Å².